The zero-order chi connectivity index (χ0) is 13.2. The minimum Gasteiger partial charge on any atom is -0.342 e. The Hall–Kier alpha value is -1.64. The first-order chi connectivity index (χ1) is 9.22. The van der Waals surface area contributed by atoms with E-state index < -0.39 is 0 Å². The zero-order valence-corrected chi connectivity index (χ0v) is 10.9. The maximum Gasteiger partial charge on any atom is 0.227 e. The number of carbonyl (C=O) groups is 1. The van der Waals surface area contributed by atoms with Crippen LogP contribution in [0.2, 0.25) is 0 Å². The van der Waals surface area contributed by atoms with Gasteiger partial charge in [-0.05, 0) is 42.4 Å². The fourth-order valence-electron chi connectivity index (χ4n) is 3.11. The molecule has 1 amide bonds. The smallest absolute Gasteiger partial charge is 0.227 e. The second kappa shape index (κ2) is 5.16. The summed E-state index contributed by atoms with van der Waals surface area (Å²) in [7, 11) is 0. The fraction of sp³-hybridized carbons (Fsp3) is 0.438. The molecule has 1 aliphatic carbocycles. The van der Waals surface area contributed by atoms with Crippen LogP contribution in [0.5, 0.6) is 0 Å². The van der Waals surface area contributed by atoms with Crippen LogP contribution in [0.3, 0.4) is 0 Å². The van der Waals surface area contributed by atoms with Crippen molar-refractivity contribution in [3.8, 4) is 0 Å². The minimum atomic E-state index is -0.255. The van der Waals surface area contributed by atoms with E-state index in [0.29, 0.717) is 18.3 Å². The standard InChI is InChI=1S/C16H18FNO/c17-15-7-5-12(6-8-15)9-16(19)18-10-13-3-1-2-4-14(13)11-18/h1-2,5-8,13-14H,3-4,9-11H2. The summed E-state index contributed by atoms with van der Waals surface area (Å²) in [5.41, 5.74) is 0.888. The summed E-state index contributed by atoms with van der Waals surface area (Å²) in [5.74, 6) is 1.19. The van der Waals surface area contributed by atoms with Crippen molar-refractivity contribution < 1.29 is 9.18 Å². The van der Waals surface area contributed by atoms with Crippen LogP contribution in [0.4, 0.5) is 4.39 Å². The summed E-state index contributed by atoms with van der Waals surface area (Å²) < 4.78 is 12.8. The Morgan fingerprint density at radius 1 is 1.11 bits per heavy atom. The number of fused-ring (bicyclic) bond motifs is 1. The molecule has 2 atom stereocenters. The van der Waals surface area contributed by atoms with Crippen molar-refractivity contribution in [2.45, 2.75) is 19.3 Å². The first kappa shape index (κ1) is 12.4. The molecule has 2 aliphatic rings. The third kappa shape index (κ3) is 2.70. The number of halogens is 1. The van der Waals surface area contributed by atoms with Crippen LogP contribution in [0.15, 0.2) is 36.4 Å². The molecule has 19 heavy (non-hydrogen) atoms. The van der Waals surface area contributed by atoms with Crippen LogP contribution in [-0.4, -0.2) is 23.9 Å². The van der Waals surface area contributed by atoms with Gasteiger partial charge in [-0.15, -0.1) is 0 Å². The summed E-state index contributed by atoms with van der Waals surface area (Å²) in [6, 6.07) is 6.21. The minimum absolute atomic E-state index is 0.168. The van der Waals surface area contributed by atoms with Gasteiger partial charge >= 0.3 is 0 Å². The first-order valence-electron chi connectivity index (χ1n) is 6.89. The molecular weight excluding hydrogens is 241 g/mol. The summed E-state index contributed by atoms with van der Waals surface area (Å²) in [6.45, 7) is 1.77. The molecule has 3 heteroatoms. The lowest BCUT2D eigenvalue weighted by Gasteiger charge is -2.17. The lowest BCUT2D eigenvalue weighted by Crippen LogP contribution is -2.30. The van der Waals surface area contributed by atoms with Crippen molar-refractivity contribution in [1.29, 1.82) is 0 Å². The van der Waals surface area contributed by atoms with Gasteiger partial charge in [0.1, 0.15) is 5.82 Å². The predicted molar refractivity (Wildman–Crippen MR) is 72.0 cm³/mol. The summed E-state index contributed by atoms with van der Waals surface area (Å²) in [6.07, 6.45) is 7.05. The zero-order valence-electron chi connectivity index (χ0n) is 10.9. The van der Waals surface area contributed by atoms with Crippen molar-refractivity contribution in [3.05, 3.63) is 47.8 Å². The molecule has 0 radical (unpaired) electrons. The van der Waals surface area contributed by atoms with Gasteiger partial charge in [-0.2, -0.15) is 0 Å². The Morgan fingerprint density at radius 2 is 1.68 bits per heavy atom. The maximum absolute atomic E-state index is 12.8. The summed E-state index contributed by atoms with van der Waals surface area (Å²) in [4.78, 5) is 14.2. The van der Waals surface area contributed by atoms with E-state index in [-0.39, 0.29) is 11.7 Å². The molecule has 2 nitrogen and oxygen atoms in total. The van der Waals surface area contributed by atoms with Gasteiger partial charge < -0.3 is 4.90 Å². The number of hydrogen-bond acceptors (Lipinski definition) is 1. The van der Waals surface area contributed by atoms with E-state index in [1.54, 1.807) is 12.1 Å². The Kier molecular flexibility index (Phi) is 3.36. The van der Waals surface area contributed by atoms with E-state index in [1.807, 2.05) is 4.90 Å². The van der Waals surface area contributed by atoms with Gasteiger partial charge in [0.15, 0.2) is 0 Å². The lowest BCUT2D eigenvalue weighted by molar-refractivity contribution is -0.129. The molecule has 100 valence electrons. The molecule has 0 saturated carbocycles. The first-order valence-corrected chi connectivity index (χ1v) is 6.89. The highest BCUT2D eigenvalue weighted by Gasteiger charge is 2.34. The van der Waals surface area contributed by atoms with E-state index in [0.717, 1.165) is 31.5 Å². The largest absolute Gasteiger partial charge is 0.342 e. The second-order valence-corrected chi connectivity index (χ2v) is 5.56. The molecule has 3 rings (SSSR count). The molecule has 1 aromatic carbocycles. The van der Waals surface area contributed by atoms with Gasteiger partial charge in [-0.3, -0.25) is 4.79 Å². The second-order valence-electron chi connectivity index (χ2n) is 5.56. The molecular formula is C16H18FNO. The summed E-state index contributed by atoms with van der Waals surface area (Å²) >= 11 is 0. The van der Waals surface area contributed by atoms with E-state index in [1.165, 1.54) is 12.1 Å². The number of allylic oxidation sites excluding steroid dienone is 2. The molecule has 0 N–H and O–H groups in total. The highest BCUT2D eigenvalue weighted by molar-refractivity contribution is 5.79. The third-order valence-electron chi connectivity index (χ3n) is 4.24. The predicted octanol–water partition coefficient (Wildman–Crippen LogP) is 2.79. The number of carbonyl (C=O) groups excluding carboxylic acids is 1. The van der Waals surface area contributed by atoms with Gasteiger partial charge in [-0.25, -0.2) is 4.39 Å². The van der Waals surface area contributed by atoms with E-state index in [2.05, 4.69) is 12.2 Å². The third-order valence-corrected chi connectivity index (χ3v) is 4.24. The average molecular weight is 259 g/mol. The van der Waals surface area contributed by atoms with Crippen LogP contribution in [-0.2, 0) is 11.2 Å². The van der Waals surface area contributed by atoms with Gasteiger partial charge in [0.05, 0.1) is 6.42 Å². The van der Waals surface area contributed by atoms with E-state index >= 15 is 0 Å². The van der Waals surface area contributed by atoms with Crippen molar-refractivity contribution in [3.63, 3.8) is 0 Å². The molecule has 0 bridgehead atoms. The number of hydrogen-bond donors (Lipinski definition) is 0. The number of nitrogens with zero attached hydrogens (tertiary/aromatic N) is 1. The van der Waals surface area contributed by atoms with Gasteiger partial charge in [-0.1, -0.05) is 24.3 Å². The van der Waals surface area contributed by atoms with E-state index in [9.17, 15) is 9.18 Å². The average Bonchev–Trinajstić information content (AvgIpc) is 2.85. The Balaban J connectivity index is 1.61. The van der Waals surface area contributed by atoms with Gasteiger partial charge in [0, 0.05) is 13.1 Å². The number of amides is 1. The maximum atomic E-state index is 12.8. The normalized spacial score (nSPS) is 25.4. The molecule has 0 aromatic heterocycles. The highest BCUT2D eigenvalue weighted by Crippen LogP contribution is 2.32. The number of likely N-dealkylation sites (tertiary alicyclic amines) is 1. The lowest BCUT2D eigenvalue weighted by atomic mass is 9.86. The fourth-order valence-corrected chi connectivity index (χ4v) is 3.11. The SMILES string of the molecule is O=C(Cc1ccc(F)cc1)N1CC2CC=CCC2C1. The monoisotopic (exact) mass is 259 g/mol. The van der Waals surface area contributed by atoms with Gasteiger partial charge in [0.2, 0.25) is 5.91 Å². The van der Waals surface area contributed by atoms with Crippen LogP contribution in [0, 0.1) is 17.7 Å². The van der Waals surface area contributed by atoms with Crippen molar-refractivity contribution >= 4 is 5.91 Å². The molecule has 0 spiro atoms. The quantitative estimate of drug-likeness (QED) is 0.748. The van der Waals surface area contributed by atoms with Crippen LogP contribution in [0.25, 0.3) is 0 Å². The molecule has 1 heterocycles. The highest BCUT2D eigenvalue weighted by atomic mass is 19.1. The van der Waals surface area contributed by atoms with Crippen LogP contribution in [0.1, 0.15) is 18.4 Å². The topological polar surface area (TPSA) is 20.3 Å². The molecule has 1 saturated heterocycles. The summed E-state index contributed by atoms with van der Waals surface area (Å²) in [5, 5.41) is 0. The molecule has 1 aliphatic heterocycles. The van der Waals surface area contributed by atoms with Crippen molar-refractivity contribution in [2.24, 2.45) is 11.8 Å². The molecule has 1 aromatic rings. The molecule has 1 fully saturated rings. The van der Waals surface area contributed by atoms with Gasteiger partial charge in [0.25, 0.3) is 0 Å². The Bertz CT molecular complexity index is 478. The number of rotatable bonds is 2. The number of benzene rings is 1. The van der Waals surface area contributed by atoms with Crippen LogP contribution >= 0.6 is 0 Å². The van der Waals surface area contributed by atoms with Crippen LogP contribution < -0.4 is 0 Å². The Morgan fingerprint density at radius 3 is 2.26 bits per heavy atom. The van der Waals surface area contributed by atoms with E-state index in [4.69, 9.17) is 0 Å². The van der Waals surface area contributed by atoms with Crippen molar-refractivity contribution in [2.75, 3.05) is 13.1 Å². The van der Waals surface area contributed by atoms with Crippen molar-refractivity contribution in [1.82, 2.24) is 4.90 Å². The Labute approximate surface area is 112 Å². The molecule has 2 unspecified atom stereocenters.